The van der Waals surface area contributed by atoms with Crippen molar-refractivity contribution in [2.45, 2.75) is 32.4 Å². The van der Waals surface area contributed by atoms with Crippen molar-refractivity contribution in [3.05, 3.63) is 47.3 Å². The molecule has 4 nitrogen and oxygen atoms in total. The summed E-state index contributed by atoms with van der Waals surface area (Å²) in [4.78, 5) is 2.47. The van der Waals surface area contributed by atoms with Gasteiger partial charge in [0.15, 0.2) is 0 Å². The number of benzene rings is 1. The van der Waals surface area contributed by atoms with E-state index in [4.69, 9.17) is 9.26 Å². The highest BCUT2D eigenvalue weighted by Crippen LogP contribution is 2.32. The largest absolute Gasteiger partial charge is 0.497 e. The zero-order valence-electron chi connectivity index (χ0n) is 12.0. The Kier molecular flexibility index (Phi) is 3.74. The Morgan fingerprint density at radius 2 is 2.15 bits per heavy atom. The number of nitrogens with zero attached hydrogens (tertiary/aromatic N) is 2. The molecule has 1 aromatic carbocycles. The molecule has 2 aromatic rings. The minimum atomic E-state index is 0.384. The van der Waals surface area contributed by atoms with Gasteiger partial charge in [-0.3, -0.25) is 4.90 Å². The normalized spacial score (nSPS) is 19.4. The molecule has 0 bridgehead atoms. The van der Waals surface area contributed by atoms with E-state index in [2.05, 4.69) is 28.3 Å². The van der Waals surface area contributed by atoms with Crippen LogP contribution in [0.15, 0.2) is 34.9 Å². The van der Waals surface area contributed by atoms with Gasteiger partial charge in [-0.05, 0) is 44.0 Å². The molecule has 1 saturated heterocycles. The molecule has 1 fully saturated rings. The molecule has 1 aromatic heterocycles. The molecule has 20 heavy (non-hydrogen) atoms. The number of hydrogen-bond donors (Lipinski definition) is 0. The van der Waals surface area contributed by atoms with Crippen molar-refractivity contribution < 1.29 is 9.26 Å². The van der Waals surface area contributed by atoms with Crippen LogP contribution in [0, 0.1) is 6.92 Å². The standard InChI is InChI=1S/C16H20N2O2/c1-12-10-15(17-20-12)16-4-3-9-18(16)11-13-5-7-14(19-2)8-6-13/h5-8,10,16H,3-4,9,11H2,1-2H3/t16-/m1/s1. The second-order valence-corrected chi connectivity index (χ2v) is 5.34. The van der Waals surface area contributed by atoms with Gasteiger partial charge in [-0.25, -0.2) is 0 Å². The lowest BCUT2D eigenvalue weighted by molar-refractivity contribution is 0.236. The van der Waals surface area contributed by atoms with E-state index in [9.17, 15) is 0 Å². The fourth-order valence-corrected chi connectivity index (χ4v) is 2.86. The highest BCUT2D eigenvalue weighted by molar-refractivity contribution is 5.27. The molecule has 1 aliphatic heterocycles. The van der Waals surface area contributed by atoms with Crippen LogP contribution in [0.1, 0.15) is 35.9 Å². The second kappa shape index (κ2) is 5.67. The average molecular weight is 272 g/mol. The van der Waals surface area contributed by atoms with E-state index >= 15 is 0 Å². The maximum atomic E-state index is 5.21. The minimum Gasteiger partial charge on any atom is -0.497 e. The molecule has 1 atom stereocenters. The topological polar surface area (TPSA) is 38.5 Å². The SMILES string of the molecule is COc1ccc(CN2CCC[C@@H]2c2cc(C)on2)cc1. The van der Waals surface area contributed by atoms with E-state index in [0.717, 1.165) is 36.7 Å². The number of aromatic nitrogens is 1. The van der Waals surface area contributed by atoms with E-state index in [0.29, 0.717) is 6.04 Å². The summed E-state index contributed by atoms with van der Waals surface area (Å²) in [6.45, 7) is 4.00. The third-order valence-electron chi connectivity index (χ3n) is 3.90. The molecule has 3 rings (SSSR count). The van der Waals surface area contributed by atoms with Crippen molar-refractivity contribution >= 4 is 0 Å². The number of methoxy groups -OCH3 is 1. The molecule has 0 spiro atoms. The lowest BCUT2D eigenvalue weighted by atomic mass is 10.1. The van der Waals surface area contributed by atoms with Crippen LogP contribution in [-0.2, 0) is 6.54 Å². The fourth-order valence-electron chi connectivity index (χ4n) is 2.86. The number of likely N-dealkylation sites (tertiary alicyclic amines) is 1. The summed E-state index contributed by atoms with van der Waals surface area (Å²) >= 11 is 0. The Bertz CT molecular complexity index is 562. The van der Waals surface area contributed by atoms with Gasteiger partial charge in [0, 0.05) is 12.6 Å². The van der Waals surface area contributed by atoms with E-state index in [1.165, 1.54) is 12.0 Å². The van der Waals surface area contributed by atoms with Gasteiger partial charge < -0.3 is 9.26 Å². The molecule has 1 aliphatic rings. The van der Waals surface area contributed by atoms with E-state index in [1.807, 2.05) is 19.1 Å². The van der Waals surface area contributed by atoms with Crippen molar-refractivity contribution in [1.29, 1.82) is 0 Å². The van der Waals surface area contributed by atoms with E-state index < -0.39 is 0 Å². The van der Waals surface area contributed by atoms with Gasteiger partial charge >= 0.3 is 0 Å². The zero-order valence-corrected chi connectivity index (χ0v) is 12.0. The van der Waals surface area contributed by atoms with Crippen molar-refractivity contribution in [2.75, 3.05) is 13.7 Å². The Morgan fingerprint density at radius 1 is 1.35 bits per heavy atom. The van der Waals surface area contributed by atoms with Crippen LogP contribution in [0.3, 0.4) is 0 Å². The molecule has 0 radical (unpaired) electrons. The molecule has 0 unspecified atom stereocenters. The maximum absolute atomic E-state index is 5.21. The molecule has 0 aliphatic carbocycles. The first kappa shape index (κ1) is 13.2. The molecule has 106 valence electrons. The molecule has 0 N–H and O–H groups in total. The summed E-state index contributed by atoms with van der Waals surface area (Å²) in [5.74, 6) is 1.79. The Hall–Kier alpha value is -1.81. The number of rotatable bonds is 4. The monoisotopic (exact) mass is 272 g/mol. The Morgan fingerprint density at radius 3 is 2.80 bits per heavy atom. The predicted octanol–water partition coefficient (Wildman–Crippen LogP) is 3.33. The van der Waals surface area contributed by atoms with Crippen molar-refractivity contribution in [3.8, 4) is 5.75 Å². The highest BCUT2D eigenvalue weighted by atomic mass is 16.5. The first-order valence-corrected chi connectivity index (χ1v) is 7.06. The van der Waals surface area contributed by atoms with Crippen LogP contribution >= 0.6 is 0 Å². The van der Waals surface area contributed by atoms with Gasteiger partial charge in [0.05, 0.1) is 13.2 Å². The number of aryl methyl sites for hydroxylation is 1. The quantitative estimate of drug-likeness (QED) is 0.855. The smallest absolute Gasteiger partial charge is 0.133 e. The molecule has 2 heterocycles. The molecular weight excluding hydrogens is 252 g/mol. The van der Waals surface area contributed by atoms with Crippen LogP contribution in [-0.4, -0.2) is 23.7 Å². The summed E-state index contributed by atoms with van der Waals surface area (Å²) in [7, 11) is 1.69. The molecule has 4 heteroatoms. The van der Waals surface area contributed by atoms with Crippen molar-refractivity contribution in [2.24, 2.45) is 0 Å². The van der Waals surface area contributed by atoms with Gasteiger partial charge in [0.25, 0.3) is 0 Å². The Labute approximate surface area is 119 Å². The van der Waals surface area contributed by atoms with Crippen molar-refractivity contribution in [1.82, 2.24) is 10.1 Å². The van der Waals surface area contributed by atoms with Crippen molar-refractivity contribution in [3.63, 3.8) is 0 Å². The predicted molar refractivity (Wildman–Crippen MR) is 76.6 cm³/mol. The zero-order chi connectivity index (χ0) is 13.9. The number of hydrogen-bond acceptors (Lipinski definition) is 4. The van der Waals surface area contributed by atoms with E-state index in [1.54, 1.807) is 7.11 Å². The summed E-state index contributed by atoms with van der Waals surface area (Å²) in [6, 6.07) is 10.7. The van der Waals surface area contributed by atoms with Gasteiger partial charge in [0.1, 0.15) is 17.2 Å². The highest BCUT2D eigenvalue weighted by Gasteiger charge is 2.28. The van der Waals surface area contributed by atoms with Gasteiger partial charge in [0.2, 0.25) is 0 Å². The third-order valence-corrected chi connectivity index (χ3v) is 3.90. The van der Waals surface area contributed by atoms with Gasteiger partial charge in [-0.15, -0.1) is 0 Å². The summed E-state index contributed by atoms with van der Waals surface area (Å²) < 4.78 is 10.4. The fraction of sp³-hybridized carbons (Fsp3) is 0.438. The Balaban J connectivity index is 1.72. The number of ether oxygens (including phenoxy) is 1. The summed E-state index contributed by atoms with van der Waals surface area (Å²) in [5, 5.41) is 4.18. The lowest BCUT2D eigenvalue weighted by Gasteiger charge is -2.22. The maximum Gasteiger partial charge on any atom is 0.133 e. The second-order valence-electron chi connectivity index (χ2n) is 5.34. The van der Waals surface area contributed by atoms with Crippen LogP contribution in [0.2, 0.25) is 0 Å². The van der Waals surface area contributed by atoms with Crippen LogP contribution in [0.5, 0.6) is 5.75 Å². The van der Waals surface area contributed by atoms with Gasteiger partial charge in [-0.2, -0.15) is 0 Å². The van der Waals surface area contributed by atoms with Crippen LogP contribution in [0.25, 0.3) is 0 Å². The molecule has 0 amide bonds. The third kappa shape index (κ3) is 2.70. The summed E-state index contributed by atoms with van der Waals surface area (Å²) in [5.41, 5.74) is 2.37. The summed E-state index contributed by atoms with van der Waals surface area (Å²) in [6.07, 6.45) is 2.37. The van der Waals surface area contributed by atoms with Crippen LogP contribution < -0.4 is 4.74 Å². The first-order valence-electron chi connectivity index (χ1n) is 7.06. The molecule has 0 saturated carbocycles. The van der Waals surface area contributed by atoms with Gasteiger partial charge in [-0.1, -0.05) is 17.3 Å². The first-order chi connectivity index (χ1) is 9.76. The lowest BCUT2D eigenvalue weighted by Crippen LogP contribution is -2.22. The van der Waals surface area contributed by atoms with E-state index in [-0.39, 0.29) is 0 Å². The minimum absolute atomic E-state index is 0.384. The van der Waals surface area contributed by atoms with Crippen LogP contribution in [0.4, 0.5) is 0 Å². The molecular formula is C16H20N2O2. The average Bonchev–Trinajstić information content (AvgIpc) is 3.08.